The van der Waals surface area contributed by atoms with E-state index < -0.39 is 23.3 Å². The molecule has 0 bridgehead atoms. The van der Waals surface area contributed by atoms with E-state index in [1.54, 1.807) is 6.92 Å². The van der Waals surface area contributed by atoms with Crippen LogP contribution in [0.1, 0.15) is 19.8 Å². The Kier molecular flexibility index (Phi) is 3.82. The second kappa shape index (κ2) is 4.38. The molecule has 5 nitrogen and oxygen atoms in total. The molecule has 0 unspecified atom stereocenters. The van der Waals surface area contributed by atoms with Crippen molar-refractivity contribution in [3.63, 3.8) is 0 Å². The van der Waals surface area contributed by atoms with E-state index in [4.69, 9.17) is 15.3 Å². The van der Waals surface area contributed by atoms with Crippen LogP contribution >= 0.6 is 0 Å². The summed E-state index contributed by atoms with van der Waals surface area (Å²) in [5.74, 6) is -4.08. The van der Waals surface area contributed by atoms with Crippen LogP contribution in [0, 0.1) is 0 Å². The van der Waals surface area contributed by atoms with E-state index in [1.165, 1.54) is 0 Å². The Balaban J connectivity index is 4.80. The summed E-state index contributed by atoms with van der Waals surface area (Å²) in [7, 11) is 0. The molecular formula is C7H10O5. The van der Waals surface area contributed by atoms with Gasteiger partial charge in [-0.25, -0.2) is 9.59 Å². The molecule has 0 aromatic carbocycles. The van der Waals surface area contributed by atoms with E-state index in [9.17, 15) is 9.59 Å². The molecular weight excluding hydrogens is 164 g/mol. The zero-order chi connectivity index (χ0) is 9.72. The Morgan fingerprint density at radius 2 is 1.58 bits per heavy atom. The number of hydrogen-bond acceptors (Lipinski definition) is 3. The molecule has 12 heavy (non-hydrogen) atoms. The van der Waals surface area contributed by atoms with Crippen LogP contribution < -0.4 is 0 Å². The van der Waals surface area contributed by atoms with Crippen molar-refractivity contribution in [1.29, 1.82) is 0 Å². The first-order valence-electron chi connectivity index (χ1n) is 3.39. The van der Waals surface area contributed by atoms with Crippen molar-refractivity contribution in [2.75, 3.05) is 0 Å². The van der Waals surface area contributed by atoms with Gasteiger partial charge in [0.1, 0.15) is 0 Å². The molecule has 0 spiro atoms. The number of aliphatic carboxylic acids is 2. The molecule has 0 rings (SSSR count). The molecule has 0 heterocycles. The van der Waals surface area contributed by atoms with Crippen molar-refractivity contribution in [3.05, 3.63) is 11.3 Å². The molecule has 0 radical (unpaired) electrons. The number of carboxylic acid groups (broad SMARTS) is 2. The maximum absolute atomic E-state index is 10.4. The Morgan fingerprint density at radius 1 is 1.08 bits per heavy atom. The van der Waals surface area contributed by atoms with Gasteiger partial charge in [0.2, 0.25) is 5.76 Å². The second-order valence-electron chi connectivity index (χ2n) is 2.19. The van der Waals surface area contributed by atoms with Crippen molar-refractivity contribution in [2.45, 2.75) is 19.8 Å². The number of aliphatic hydroxyl groups is 1. The van der Waals surface area contributed by atoms with Crippen molar-refractivity contribution in [2.24, 2.45) is 0 Å². The van der Waals surface area contributed by atoms with Gasteiger partial charge in [0, 0.05) is 0 Å². The highest BCUT2D eigenvalue weighted by Crippen LogP contribution is 2.09. The van der Waals surface area contributed by atoms with Gasteiger partial charge in [-0.2, -0.15) is 0 Å². The number of rotatable bonds is 4. The van der Waals surface area contributed by atoms with E-state index >= 15 is 0 Å². The minimum absolute atomic E-state index is 0.0491. The summed E-state index contributed by atoms with van der Waals surface area (Å²) >= 11 is 0. The summed E-state index contributed by atoms with van der Waals surface area (Å²) in [6, 6.07) is 0. The third-order valence-electron chi connectivity index (χ3n) is 1.25. The summed E-state index contributed by atoms with van der Waals surface area (Å²) in [6.45, 7) is 1.69. The van der Waals surface area contributed by atoms with Crippen molar-refractivity contribution in [3.8, 4) is 0 Å². The molecule has 0 aromatic heterocycles. The quantitative estimate of drug-likeness (QED) is 0.432. The first-order valence-corrected chi connectivity index (χ1v) is 3.39. The fourth-order valence-electron chi connectivity index (χ4n) is 0.706. The average Bonchev–Trinajstić information content (AvgIpc) is 1.98. The zero-order valence-corrected chi connectivity index (χ0v) is 6.57. The molecule has 0 saturated heterocycles. The largest absolute Gasteiger partial charge is 0.501 e. The highest BCUT2D eigenvalue weighted by molar-refractivity contribution is 5.96. The van der Waals surface area contributed by atoms with Crippen LogP contribution in [0.15, 0.2) is 11.3 Å². The highest BCUT2D eigenvalue weighted by atomic mass is 16.4. The Labute approximate surface area is 68.9 Å². The predicted molar refractivity (Wildman–Crippen MR) is 39.8 cm³/mol. The number of aliphatic hydroxyl groups excluding tert-OH is 1. The van der Waals surface area contributed by atoms with E-state index in [0.29, 0.717) is 6.42 Å². The van der Waals surface area contributed by atoms with E-state index in [0.717, 1.165) is 0 Å². The van der Waals surface area contributed by atoms with Crippen LogP contribution in [-0.2, 0) is 9.59 Å². The van der Waals surface area contributed by atoms with Gasteiger partial charge in [0.15, 0.2) is 0 Å². The van der Waals surface area contributed by atoms with Gasteiger partial charge in [0.05, 0.1) is 5.57 Å². The molecule has 0 saturated carbocycles. The fourth-order valence-corrected chi connectivity index (χ4v) is 0.706. The number of hydrogen-bond donors (Lipinski definition) is 3. The van der Waals surface area contributed by atoms with Crippen LogP contribution in [0.2, 0.25) is 0 Å². The smallest absolute Gasteiger partial charge is 0.371 e. The fraction of sp³-hybridized carbons (Fsp3) is 0.429. The van der Waals surface area contributed by atoms with Gasteiger partial charge in [0.25, 0.3) is 0 Å². The van der Waals surface area contributed by atoms with E-state index in [1.807, 2.05) is 0 Å². The minimum Gasteiger partial charge on any atom is -0.501 e. The van der Waals surface area contributed by atoms with Gasteiger partial charge in [-0.05, 0) is 6.42 Å². The Hall–Kier alpha value is -1.52. The topological polar surface area (TPSA) is 94.8 Å². The molecule has 0 aliphatic carbocycles. The van der Waals surface area contributed by atoms with E-state index in [-0.39, 0.29) is 6.42 Å². The molecule has 0 atom stereocenters. The average molecular weight is 174 g/mol. The molecule has 3 N–H and O–H groups in total. The molecule has 0 aliphatic heterocycles. The second-order valence-corrected chi connectivity index (χ2v) is 2.19. The maximum Gasteiger partial charge on any atom is 0.371 e. The number of carbonyl (C=O) groups is 2. The van der Waals surface area contributed by atoms with Crippen molar-refractivity contribution >= 4 is 11.9 Å². The first kappa shape index (κ1) is 10.5. The van der Waals surface area contributed by atoms with E-state index in [2.05, 4.69) is 0 Å². The monoisotopic (exact) mass is 174 g/mol. The lowest BCUT2D eigenvalue weighted by atomic mass is 10.1. The third kappa shape index (κ3) is 2.61. The van der Waals surface area contributed by atoms with Gasteiger partial charge >= 0.3 is 11.9 Å². The SMILES string of the molecule is CCC/C(C(=O)O)=C(\O)C(=O)O. The lowest BCUT2D eigenvalue weighted by Gasteiger charge is -2.00. The van der Waals surface area contributed by atoms with Crippen LogP contribution in [0.5, 0.6) is 0 Å². The Bertz CT molecular complexity index is 228. The molecule has 0 amide bonds. The maximum atomic E-state index is 10.4. The lowest BCUT2D eigenvalue weighted by molar-refractivity contribution is -0.138. The molecule has 0 aliphatic rings. The molecule has 5 heteroatoms. The van der Waals surface area contributed by atoms with Gasteiger partial charge in [-0.1, -0.05) is 13.3 Å². The van der Waals surface area contributed by atoms with Crippen LogP contribution in [0.4, 0.5) is 0 Å². The zero-order valence-electron chi connectivity index (χ0n) is 6.57. The minimum atomic E-state index is -1.61. The summed E-state index contributed by atoms with van der Waals surface area (Å²) < 4.78 is 0. The summed E-state index contributed by atoms with van der Waals surface area (Å²) in [6.07, 6.45) is 0.520. The molecule has 0 aromatic rings. The highest BCUT2D eigenvalue weighted by Gasteiger charge is 2.17. The first-order chi connectivity index (χ1) is 5.50. The summed E-state index contributed by atoms with van der Waals surface area (Å²) in [5, 5.41) is 25.5. The van der Waals surface area contributed by atoms with Crippen molar-refractivity contribution < 1.29 is 24.9 Å². The van der Waals surface area contributed by atoms with Crippen LogP contribution in [0.25, 0.3) is 0 Å². The Morgan fingerprint density at radius 3 is 1.83 bits per heavy atom. The van der Waals surface area contributed by atoms with Gasteiger partial charge in [-0.3, -0.25) is 0 Å². The third-order valence-corrected chi connectivity index (χ3v) is 1.25. The van der Waals surface area contributed by atoms with Gasteiger partial charge in [-0.15, -0.1) is 0 Å². The number of carboxylic acids is 2. The van der Waals surface area contributed by atoms with Gasteiger partial charge < -0.3 is 15.3 Å². The normalized spacial score (nSPS) is 12.1. The van der Waals surface area contributed by atoms with Crippen LogP contribution in [-0.4, -0.2) is 27.3 Å². The van der Waals surface area contributed by atoms with Crippen LogP contribution in [0.3, 0.4) is 0 Å². The summed E-state index contributed by atoms with van der Waals surface area (Å²) in [4.78, 5) is 20.5. The molecule has 68 valence electrons. The standard InChI is InChI=1S/C7H10O5/c1-2-3-4(6(9)10)5(8)7(11)12/h8H,2-3H2,1H3,(H,9,10)(H,11,12)/b5-4+. The van der Waals surface area contributed by atoms with Crippen molar-refractivity contribution in [1.82, 2.24) is 0 Å². The molecule has 0 fully saturated rings. The lowest BCUT2D eigenvalue weighted by Crippen LogP contribution is -2.10. The summed E-state index contributed by atoms with van der Waals surface area (Å²) in [5.41, 5.74) is -0.454. The predicted octanol–water partition coefficient (Wildman–Crippen LogP) is 0.768.